The maximum atomic E-state index is 12.0. The molecule has 0 radical (unpaired) electrons. The van der Waals surface area contributed by atoms with E-state index in [1.54, 1.807) is 0 Å². The standard InChI is InChI=1S/C21H21NO2/c23-20-8-10-22-18-7-2-1-6-17(18)16-12-15-5-3-4-14(9-11-24-20)21(15)19(22)13-16/h1-7,16,19H,8-13H2. The number of fused-ring (bicyclic) bond motifs is 4. The maximum absolute atomic E-state index is 12.0. The molecule has 0 saturated heterocycles. The minimum Gasteiger partial charge on any atom is -0.465 e. The summed E-state index contributed by atoms with van der Waals surface area (Å²) in [7, 11) is 0. The Balaban J connectivity index is 1.71. The number of nitrogens with zero attached hydrogens (tertiary/aromatic N) is 1. The minimum atomic E-state index is -0.0787. The van der Waals surface area contributed by atoms with Crippen LogP contribution in [0.1, 0.15) is 47.1 Å². The maximum Gasteiger partial charge on any atom is 0.307 e. The molecule has 0 aromatic heterocycles. The molecular formula is C21H21NO2. The van der Waals surface area contributed by atoms with Gasteiger partial charge in [0.2, 0.25) is 0 Å². The monoisotopic (exact) mass is 319 g/mol. The number of hydrogen-bond donors (Lipinski definition) is 0. The van der Waals surface area contributed by atoms with Gasteiger partial charge < -0.3 is 9.64 Å². The summed E-state index contributed by atoms with van der Waals surface area (Å²) in [5, 5.41) is 0. The number of anilines is 1. The van der Waals surface area contributed by atoms with Crippen LogP contribution >= 0.6 is 0 Å². The van der Waals surface area contributed by atoms with Gasteiger partial charge in [0.15, 0.2) is 0 Å². The minimum absolute atomic E-state index is 0.0787. The van der Waals surface area contributed by atoms with Gasteiger partial charge in [0.05, 0.1) is 19.1 Å². The Morgan fingerprint density at radius 3 is 2.83 bits per heavy atom. The molecule has 24 heavy (non-hydrogen) atoms. The second-order valence-corrected chi connectivity index (χ2v) is 7.12. The van der Waals surface area contributed by atoms with E-state index in [-0.39, 0.29) is 5.97 Å². The summed E-state index contributed by atoms with van der Waals surface area (Å²) in [4.78, 5) is 14.5. The first-order valence-corrected chi connectivity index (χ1v) is 8.93. The van der Waals surface area contributed by atoms with Crippen molar-refractivity contribution in [2.45, 2.75) is 37.6 Å². The van der Waals surface area contributed by atoms with Crippen LogP contribution in [0.15, 0.2) is 42.5 Å². The Morgan fingerprint density at radius 2 is 1.88 bits per heavy atom. The highest BCUT2D eigenvalue weighted by Gasteiger charge is 2.39. The fourth-order valence-corrected chi connectivity index (χ4v) is 4.84. The zero-order chi connectivity index (χ0) is 16.1. The molecule has 0 fully saturated rings. The van der Waals surface area contributed by atoms with Crippen LogP contribution in [-0.2, 0) is 22.4 Å². The first-order chi connectivity index (χ1) is 11.8. The third kappa shape index (κ3) is 2.07. The lowest BCUT2D eigenvalue weighted by molar-refractivity contribution is -0.143. The van der Waals surface area contributed by atoms with Gasteiger partial charge in [-0.2, -0.15) is 0 Å². The lowest BCUT2D eigenvalue weighted by Crippen LogP contribution is -2.40. The molecule has 0 saturated carbocycles. The summed E-state index contributed by atoms with van der Waals surface area (Å²) >= 11 is 0. The summed E-state index contributed by atoms with van der Waals surface area (Å²) in [5.41, 5.74) is 7.10. The molecule has 0 spiro atoms. The number of carbonyl (C=O) groups is 1. The van der Waals surface area contributed by atoms with Gasteiger partial charge in [-0.05, 0) is 47.1 Å². The summed E-state index contributed by atoms with van der Waals surface area (Å²) in [5.74, 6) is 0.519. The predicted octanol–water partition coefficient (Wildman–Crippen LogP) is 3.77. The molecule has 3 heteroatoms. The molecule has 3 aliphatic rings. The van der Waals surface area contributed by atoms with Crippen molar-refractivity contribution in [3.8, 4) is 0 Å². The molecule has 2 heterocycles. The number of ether oxygens (including phenoxy) is 1. The molecule has 2 atom stereocenters. The molecule has 2 aromatic carbocycles. The van der Waals surface area contributed by atoms with Crippen LogP contribution in [0.5, 0.6) is 0 Å². The van der Waals surface area contributed by atoms with Crippen LogP contribution < -0.4 is 4.90 Å². The van der Waals surface area contributed by atoms with E-state index in [9.17, 15) is 4.79 Å². The number of benzene rings is 2. The van der Waals surface area contributed by atoms with Crippen molar-refractivity contribution in [1.82, 2.24) is 0 Å². The highest BCUT2D eigenvalue weighted by Crippen LogP contribution is 2.51. The molecule has 2 bridgehead atoms. The zero-order valence-electron chi connectivity index (χ0n) is 13.7. The van der Waals surface area contributed by atoms with Gasteiger partial charge in [0, 0.05) is 18.7 Å². The predicted molar refractivity (Wildman–Crippen MR) is 93.3 cm³/mol. The van der Waals surface area contributed by atoms with E-state index in [0.29, 0.717) is 25.0 Å². The Labute approximate surface area is 142 Å². The van der Waals surface area contributed by atoms with Gasteiger partial charge in [-0.15, -0.1) is 0 Å². The second-order valence-electron chi connectivity index (χ2n) is 7.12. The summed E-state index contributed by atoms with van der Waals surface area (Å²) in [6, 6.07) is 15.8. The smallest absolute Gasteiger partial charge is 0.307 e. The number of para-hydroxylation sites is 1. The van der Waals surface area contributed by atoms with Crippen molar-refractivity contribution in [2.75, 3.05) is 18.1 Å². The van der Waals surface area contributed by atoms with Crippen LogP contribution in [0, 0.1) is 0 Å². The Kier molecular flexibility index (Phi) is 3.15. The van der Waals surface area contributed by atoms with Gasteiger partial charge in [-0.3, -0.25) is 4.79 Å². The van der Waals surface area contributed by atoms with Crippen molar-refractivity contribution in [1.29, 1.82) is 0 Å². The van der Waals surface area contributed by atoms with Crippen LogP contribution in [0.4, 0.5) is 5.69 Å². The summed E-state index contributed by atoms with van der Waals surface area (Å²) in [6.45, 7) is 1.24. The lowest BCUT2D eigenvalue weighted by Gasteiger charge is -2.47. The van der Waals surface area contributed by atoms with Crippen molar-refractivity contribution in [3.05, 3.63) is 64.7 Å². The third-order valence-electron chi connectivity index (χ3n) is 5.85. The molecule has 0 N–H and O–H groups in total. The number of esters is 1. The van der Waals surface area contributed by atoms with E-state index >= 15 is 0 Å². The Morgan fingerprint density at radius 1 is 1.00 bits per heavy atom. The quantitative estimate of drug-likeness (QED) is 0.692. The molecule has 0 amide bonds. The second kappa shape index (κ2) is 5.37. The van der Waals surface area contributed by atoms with E-state index in [1.807, 2.05) is 0 Å². The average Bonchev–Trinajstić information content (AvgIpc) is 2.61. The topological polar surface area (TPSA) is 29.5 Å². The van der Waals surface area contributed by atoms with E-state index in [0.717, 1.165) is 25.8 Å². The van der Waals surface area contributed by atoms with Crippen LogP contribution in [0.2, 0.25) is 0 Å². The lowest BCUT2D eigenvalue weighted by atomic mass is 9.71. The first kappa shape index (κ1) is 14.1. The largest absolute Gasteiger partial charge is 0.465 e. The van der Waals surface area contributed by atoms with Crippen LogP contribution in [0.3, 0.4) is 0 Å². The normalized spacial score (nSPS) is 24.8. The summed E-state index contributed by atoms with van der Waals surface area (Å²) in [6.07, 6.45) is 3.58. The van der Waals surface area contributed by atoms with Crippen molar-refractivity contribution < 1.29 is 9.53 Å². The van der Waals surface area contributed by atoms with Crippen molar-refractivity contribution in [3.63, 3.8) is 0 Å². The van der Waals surface area contributed by atoms with Crippen LogP contribution in [-0.4, -0.2) is 19.1 Å². The number of cyclic esters (lactones) is 1. The SMILES string of the molecule is O=C1CCN2c3ccccc3C3Cc4cccc(c4C2C3)CCO1. The fraction of sp³-hybridized carbons (Fsp3) is 0.381. The molecule has 5 rings (SSSR count). The summed E-state index contributed by atoms with van der Waals surface area (Å²) < 4.78 is 5.43. The number of rotatable bonds is 0. The fourth-order valence-electron chi connectivity index (χ4n) is 4.84. The number of carbonyl (C=O) groups excluding carboxylic acids is 1. The van der Waals surface area contributed by atoms with Gasteiger partial charge in [0.1, 0.15) is 0 Å². The molecule has 2 aliphatic heterocycles. The van der Waals surface area contributed by atoms with E-state index in [4.69, 9.17) is 4.74 Å². The molecular weight excluding hydrogens is 298 g/mol. The van der Waals surface area contributed by atoms with E-state index in [1.165, 1.54) is 27.9 Å². The highest BCUT2D eigenvalue weighted by molar-refractivity contribution is 5.71. The molecule has 1 aliphatic carbocycles. The van der Waals surface area contributed by atoms with Crippen molar-refractivity contribution >= 4 is 11.7 Å². The Bertz CT molecular complexity index is 813. The first-order valence-electron chi connectivity index (χ1n) is 8.93. The number of hydrogen-bond acceptors (Lipinski definition) is 3. The molecule has 2 aromatic rings. The van der Waals surface area contributed by atoms with Gasteiger partial charge in [-0.1, -0.05) is 36.4 Å². The third-order valence-corrected chi connectivity index (χ3v) is 5.85. The molecule has 2 unspecified atom stereocenters. The van der Waals surface area contributed by atoms with Gasteiger partial charge in [0.25, 0.3) is 0 Å². The Hall–Kier alpha value is -2.29. The highest BCUT2D eigenvalue weighted by atomic mass is 16.5. The van der Waals surface area contributed by atoms with E-state index < -0.39 is 0 Å². The molecule has 122 valence electrons. The average molecular weight is 319 g/mol. The van der Waals surface area contributed by atoms with E-state index in [2.05, 4.69) is 47.4 Å². The van der Waals surface area contributed by atoms with Crippen LogP contribution in [0.25, 0.3) is 0 Å². The van der Waals surface area contributed by atoms with Gasteiger partial charge >= 0.3 is 5.97 Å². The molecule has 3 nitrogen and oxygen atoms in total. The zero-order valence-corrected chi connectivity index (χ0v) is 13.7. The van der Waals surface area contributed by atoms with Crippen molar-refractivity contribution in [2.24, 2.45) is 0 Å². The van der Waals surface area contributed by atoms with Gasteiger partial charge in [-0.25, -0.2) is 0 Å².